The highest BCUT2D eigenvalue weighted by Gasteiger charge is 2.20. The average molecular weight is 383 g/mol. The Bertz CT molecular complexity index is 774. The highest BCUT2D eigenvalue weighted by Crippen LogP contribution is 2.27. The van der Waals surface area contributed by atoms with Gasteiger partial charge in [0.2, 0.25) is 0 Å². The standard InChI is InChI=1S/C21H29N5O2/c1-4-22-21(24-16-17-8-9-18(27-2)19(15-17)28-3)26-13-11-25(12-14-26)20-7-5-6-10-23-20/h5-10,15H,4,11-14,16H2,1-3H3,(H,22,24). The molecule has 1 saturated heterocycles. The molecule has 0 aliphatic carbocycles. The van der Waals surface area contributed by atoms with Gasteiger partial charge in [0, 0.05) is 38.9 Å². The predicted octanol–water partition coefficient (Wildman–Crippen LogP) is 2.39. The van der Waals surface area contributed by atoms with Crippen LogP contribution in [0.15, 0.2) is 47.6 Å². The van der Waals surface area contributed by atoms with Crippen LogP contribution in [0.2, 0.25) is 0 Å². The van der Waals surface area contributed by atoms with E-state index in [9.17, 15) is 0 Å². The van der Waals surface area contributed by atoms with Crippen LogP contribution in [0, 0.1) is 0 Å². The van der Waals surface area contributed by atoms with Gasteiger partial charge < -0.3 is 24.6 Å². The number of hydrogen-bond donors (Lipinski definition) is 1. The minimum absolute atomic E-state index is 0.586. The van der Waals surface area contributed by atoms with Crippen LogP contribution in [0.3, 0.4) is 0 Å². The molecule has 7 nitrogen and oxygen atoms in total. The van der Waals surface area contributed by atoms with E-state index in [1.165, 1.54) is 0 Å². The molecular weight excluding hydrogens is 354 g/mol. The van der Waals surface area contributed by atoms with E-state index < -0.39 is 0 Å². The van der Waals surface area contributed by atoms with Gasteiger partial charge in [-0.05, 0) is 36.8 Å². The van der Waals surface area contributed by atoms with Crippen LogP contribution in [0.25, 0.3) is 0 Å². The Morgan fingerprint density at radius 3 is 2.50 bits per heavy atom. The summed E-state index contributed by atoms with van der Waals surface area (Å²) in [5.41, 5.74) is 1.08. The lowest BCUT2D eigenvalue weighted by molar-refractivity contribution is 0.354. The molecule has 1 fully saturated rings. The maximum Gasteiger partial charge on any atom is 0.194 e. The van der Waals surface area contributed by atoms with Gasteiger partial charge in [0.25, 0.3) is 0 Å². The number of anilines is 1. The van der Waals surface area contributed by atoms with Crippen molar-refractivity contribution in [1.82, 2.24) is 15.2 Å². The first kappa shape index (κ1) is 19.8. The Balaban J connectivity index is 1.65. The van der Waals surface area contributed by atoms with Crippen molar-refractivity contribution >= 4 is 11.8 Å². The first-order chi connectivity index (χ1) is 13.7. The molecule has 0 saturated carbocycles. The number of aliphatic imine (C=N–C) groups is 1. The minimum Gasteiger partial charge on any atom is -0.493 e. The number of hydrogen-bond acceptors (Lipinski definition) is 5. The van der Waals surface area contributed by atoms with Crippen molar-refractivity contribution in [2.45, 2.75) is 13.5 Å². The lowest BCUT2D eigenvalue weighted by Gasteiger charge is -2.37. The summed E-state index contributed by atoms with van der Waals surface area (Å²) < 4.78 is 10.7. The maximum absolute atomic E-state index is 5.39. The summed E-state index contributed by atoms with van der Waals surface area (Å²) in [4.78, 5) is 13.9. The van der Waals surface area contributed by atoms with Crippen LogP contribution in [-0.2, 0) is 6.54 Å². The minimum atomic E-state index is 0.586. The molecule has 1 aromatic heterocycles. The Hall–Kier alpha value is -2.96. The first-order valence-corrected chi connectivity index (χ1v) is 9.65. The third kappa shape index (κ3) is 4.85. The van der Waals surface area contributed by atoms with Crippen molar-refractivity contribution < 1.29 is 9.47 Å². The second-order valence-electron chi connectivity index (χ2n) is 6.52. The summed E-state index contributed by atoms with van der Waals surface area (Å²) in [7, 11) is 3.29. The number of piperazine rings is 1. The lowest BCUT2D eigenvalue weighted by Crippen LogP contribution is -2.52. The van der Waals surface area contributed by atoms with Crippen molar-refractivity contribution in [2.75, 3.05) is 51.8 Å². The van der Waals surface area contributed by atoms with E-state index in [4.69, 9.17) is 14.5 Å². The van der Waals surface area contributed by atoms with E-state index >= 15 is 0 Å². The summed E-state index contributed by atoms with van der Waals surface area (Å²) in [5, 5.41) is 3.41. The third-order valence-electron chi connectivity index (χ3n) is 4.75. The Labute approximate surface area is 167 Å². The Kier molecular flexibility index (Phi) is 6.94. The maximum atomic E-state index is 5.39. The fourth-order valence-electron chi connectivity index (χ4n) is 3.26. The molecule has 1 aliphatic heterocycles. The van der Waals surface area contributed by atoms with Crippen molar-refractivity contribution in [3.8, 4) is 11.5 Å². The van der Waals surface area contributed by atoms with Gasteiger partial charge in [0.05, 0.1) is 20.8 Å². The molecule has 150 valence electrons. The molecule has 1 N–H and O–H groups in total. The van der Waals surface area contributed by atoms with Gasteiger partial charge in [-0.2, -0.15) is 0 Å². The van der Waals surface area contributed by atoms with Gasteiger partial charge in [0.15, 0.2) is 17.5 Å². The van der Waals surface area contributed by atoms with Gasteiger partial charge in [0.1, 0.15) is 5.82 Å². The van der Waals surface area contributed by atoms with E-state index in [2.05, 4.69) is 33.1 Å². The van der Waals surface area contributed by atoms with Gasteiger partial charge in [-0.15, -0.1) is 0 Å². The van der Waals surface area contributed by atoms with E-state index in [-0.39, 0.29) is 0 Å². The Morgan fingerprint density at radius 2 is 1.86 bits per heavy atom. The molecular formula is C21H29N5O2. The zero-order valence-electron chi connectivity index (χ0n) is 16.9. The molecule has 7 heteroatoms. The monoisotopic (exact) mass is 383 g/mol. The second-order valence-corrected chi connectivity index (χ2v) is 6.52. The molecule has 1 aliphatic rings. The van der Waals surface area contributed by atoms with Gasteiger partial charge in [-0.3, -0.25) is 0 Å². The van der Waals surface area contributed by atoms with Crippen LogP contribution in [-0.4, -0.2) is 62.8 Å². The van der Waals surface area contributed by atoms with Gasteiger partial charge >= 0.3 is 0 Å². The average Bonchev–Trinajstić information content (AvgIpc) is 2.77. The van der Waals surface area contributed by atoms with Crippen molar-refractivity contribution in [2.24, 2.45) is 4.99 Å². The molecule has 2 heterocycles. The highest BCUT2D eigenvalue weighted by atomic mass is 16.5. The fraction of sp³-hybridized carbons (Fsp3) is 0.429. The smallest absolute Gasteiger partial charge is 0.194 e. The molecule has 1 aromatic carbocycles. The topological polar surface area (TPSA) is 62.2 Å². The number of ether oxygens (including phenoxy) is 2. The summed E-state index contributed by atoms with van der Waals surface area (Å²) in [6.07, 6.45) is 1.84. The van der Waals surface area contributed by atoms with Crippen LogP contribution < -0.4 is 19.7 Å². The number of nitrogens with one attached hydrogen (secondary N) is 1. The number of nitrogens with zero attached hydrogens (tertiary/aromatic N) is 4. The number of pyridine rings is 1. The van der Waals surface area contributed by atoms with Crippen LogP contribution in [0.5, 0.6) is 11.5 Å². The largest absolute Gasteiger partial charge is 0.493 e. The molecule has 0 unspecified atom stereocenters. The SMILES string of the molecule is CCNC(=NCc1ccc(OC)c(OC)c1)N1CCN(c2ccccn2)CC1. The highest BCUT2D eigenvalue weighted by molar-refractivity contribution is 5.80. The summed E-state index contributed by atoms with van der Waals surface area (Å²) in [5.74, 6) is 3.43. The number of aromatic nitrogens is 1. The molecule has 3 rings (SSSR count). The van der Waals surface area contributed by atoms with Crippen LogP contribution >= 0.6 is 0 Å². The second kappa shape index (κ2) is 9.82. The fourth-order valence-corrected chi connectivity index (χ4v) is 3.26. The number of benzene rings is 1. The Morgan fingerprint density at radius 1 is 1.07 bits per heavy atom. The number of methoxy groups -OCH3 is 2. The van der Waals surface area contributed by atoms with Gasteiger partial charge in [-0.25, -0.2) is 9.98 Å². The van der Waals surface area contributed by atoms with Crippen molar-refractivity contribution in [3.05, 3.63) is 48.2 Å². The third-order valence-corrected chi connectivity index (χ3v) is 4.75. The van der Waals surface area contributed by atoms with E-state index in [1.54, 1.807) is 14.2 Å². The summed E-state index contributed by atoms with van der Waals surface area (Å²) >= 11 is 0. The van der Waals surface area contributed by atoms with Crippen molar-refractivity contribution in [3.63, 3.8) is 0 Å². The molecule has 0 bridgehead atoms. The number of rotatable bonds is 6. The quantitative estimate of drug-likeness (QED) is 0.610. The normalized spacial score (nSPS) is 14.8. The molecule has 0 radical (unpaired) electrons. The zero-order chi connectivity index (χ0) is 19.8. The van der Waals surface area contributed by atoms with Crippen molar-refractivity contribution in [1.29, 1.82) is 0 Å². The van der Waals surface area contributed by atoms with Gasteiger partial charge in [-0.1, -0.05) is 12.1 Å². The molecule has 0 amide bonds. The molecule has 28 heavy (non-hydrogen) atoms. The van der Waals surface area contributed by atoms with Crippen LogP contribution in [0.4, 0.5) is 5.82 Å². The number of guanidine groups is 1. The summed E-state index contributed by atoms with van der Waals surface area (Å²) in [6.45, 7) is 7.20. The van der Waals surface area contributed by atoms with E-state index in [0.717, 1.165) is 61.6 Å². The first-order valence-electron chi connectivity index (χ1n) is 9.65. The van der Waals surface area contributed by atoms with Crippen LogP contribution in [0.1, 0.15) is 12.5 Å². The molecule has 2 aromatic rings. The lowest BCUT2D eigenvalue weighted by atomic mass is 10.2. The van der Waals surface area contributed by atoms with E-state index in [1.807, 2.05) is 36.5 Å². The molecule has 0 atom stereocenters. The molecule has 0 spiro atoms. The zero-order valence-corrected chi connectivity index (χ0v) is 16.9. The summed E-state index contributed by atoms with van der Waals surface area (Å²) in [6, 6.07) is 12.0. The van der Waals surface area contributed by atoms with E-state index in [0.29, 0.717) is 6.54 Å². The predicted molar refractivity (Wildman–Crippen MR) is 112 cm³/mol.